The number of ketones is 2. The van der Waals surface area contributed by atoms with Gasteiger partial charge in [-0.2, -0.15) is 0 Å². The second-order valence-electron chi connectivity index (χ2n) is 4.56. The molecule has 0 radical (unpaired) electrons. The highest BCUT2D eigenvalue weighted by atomic mass is 19.1. The van der Waals surface area contributed by atoms with Crippen molar-refractivity contribution in [2.45, 2.75) is 25.4 Å². The molecule has 0 heterocycles. The molecule has 0 spiro atoms. The zero-order valence-electron chi connectivity index (χ0n) is 7.20. The third-order valence-corrected chi connectivity index (χ3v) is 3.95. The molecule has 0 saturated heterocycles. The van der Waals surface area contributed by atoms with Gasteiger partial charge in [-0.1, -0.05) is 0 Å². The summed E-state index contributed by atoms with van der Waals surface area (Å²) in [7, 11) is 0. The van der Waals surface area contributed by atoms with Gasteiger partial charge in [0.15, 0.2) is 0 Å². The maximum atomic E-state index is 13.5. The van der Waals surface area contributed by atoms with Crippen LogP contribution in [-0.4, -0.2) is 17.7 Å². The highest BCUT2D eigenvalue weighted by Gasteiger charge is 2.57. The van der Waals surface area contributed by atoms with Crippen molar-refractivity contribution in [2.24, 2.45) is 23.7 Å². The minimum Gasteiger partial charge on any atom is -0.299 e. The van der Waals surface area contributed by atoms with E-state index in [1.54, 1.807) is 0 Å². The number of rotatable bonds is 0. The van der Waals surface area contributed by atoms with E-state index in [1.165, 1.54) is 0 Å². The highest BCUT2D eigenvalue weighted by molar-refractivity contribution is 5.96. The fraction of sp³-hybridized carbons (Fsp3) is 0.800. The highest BCUT2D eigenvalue weighted by Crippen LogP contribution is 2.51. The fourth-order valence-electron chi connectivity index (χ4n) is 3.31. The van der Waals surface area contributed by atoms with Crippen molar-refractivity contribution in [3.8, 4) is 0 Å². The second-order valence-corrected chi connectivity index (χ2v) is 4.56. The molecule has 13 heavy (non-hydrogen) atoms. The molecular weight excluding hydrogens is 171 g/mol. The van der Waals surface area contributed by atoms with Gasteiger partial charge in [-0.25, -0.2) is 4.39 Å². The molecule has 4 aliphatic rings. The Morgan fingerprint density at radius 2 is 1.38 bits per heavy atom. The van der Waals surface area contributed by atoms with E-state index >= 15 is 0 Å². The van der Waals surface area contributed by atoms with Crippen molar-refractivity contribution in [3.63, 3.8) is 0 Å². The summed E-state index contributed by atoms with van der Waals surface area (Å²) in [5, 5.41) is 0. The van der Waals surface area contributed by atoms with Gasteiger partial charge in [-0.15, -0.1) is 0 Å². The Bertz CT molecular complexity index is 271. The molecule has 4 unspecified atom stereocenters. The van der Waals surface area contributed by atoms with E-state index in [0.29, 0.717) is 19.3 Å². The van der Waals surface area contributed by atoms with Crippen LogP contribution < -0.4 is 0 Å². The number of Topliss-reactive ketones (excluding diaryl/α,β-unsaturated/α-hetero) is 2. The van der Waals surface area contributed by atoms with Crippen LogP contribution in [0.5, 0.6) is 0 Å². The molecule has 4 saturated carbocycles. The first-order valence-electron chi connectivity index (χ1n) is 4.90. The zero-order chi connectivity index (χ0) is 9.16. The quantitative estimate of drug-likeness (QED) is 0.563. The van der Waals surface area contributed by atoms with Gasteiger partial charge in [-0.3, -0.25) is 9.59 Å². The van der Waals surface area contributed by atoms with Crippen LogP contribution in [-0.2, 0) is 9.59 Å². The number of alkyl halides is 1. The minimum absolute atomic E-state index is 0.0125. The van der Waals surface area contributed by atoms with Gasteiger partial charge in [0.05, 0.1) is 11.8 Å². The molecule has 4 aliphatic carbocycles. The fourth-order valence-corrected chi connectivity index (χ4v) is 3.31. The van der Waals surface area contributed by atoms with Crippen molar-refractivity contribution < 1.29 is 14.0 Å². The summed E-state index contributed by atoms with van der Waals surface area (Å²) in [5.74, 6) is -0.655. The lowest BCUT2D eigenvalue weighted by atomic mass is 9.54. The van der Waals surface area contributed by atoms with Crippen LogP contribution in [0.3, 0.4) is 0 Å². The summed E-state index contributed by atoms with van der Waals surface area (Å²) in [4.78, 5) is 23.1. The molecule has 0 aromatic carbocycles. The molecule has 0 aromatic rings. The predicted molar refractivity (Wildman–Crippen MR) is 42.7 cm³/mol. The molecule has 0 aliphatic heterocycles. The largest absolute Gasteiger partial charge is 0.299 e. The van der Waals surface area contributed by atoms with Crippen molar-refractivity contribution in [3.05, 3.63) is 0 Å². The standard InChI is InChI=1S/C10H11FO2/c11-8-6-2-4-1-5(10(6)13)3-7(8)9(4)12/h4-8H,1-3H2. The van der Waals surface area contributed by atoms with E-state index in [9.17, 15) is 14.0 Å². The molecule has 0 N–H and O–H groups in total. The van der Waals surface area contributed by atoms with Crippen molar-refractivity contribution in [1.29, 1.82) is 0 Å². The molecule has 2 nitrogen and oxygen atoms in total. The molecule has 4 atom stereocenters. The van der Waals surface area contributed by atoms with Gasteiger partial charge < -0.3 is 0 Å². The van der Waals surface area contributed by atoms with Crippen LogP contribution in [0.4, 0.5) is 4.39 Å². The summed E-state index contributed by atoms with van der Waals surface area (Å²) in [6, 6.07) is 0. The van der Waals surface area contributed by atoms with Gasteiger partial charge in [0.2, 0.25) is 0 Å². The molecular formula is C10H11FO2. The molecule has 4 rings (SSSR count). The molecule has 4 fully saturated rings. The van der Waals surface area contributed by atoms with Crippen LogP contribution in [0.25, 0.3) is 0 Å². The Hall–Kier alpha value is -0.730. The first-order chi connectivity index (χ1) is 6.18. The first kappa shape index (κ1) is 7.65. The van der Waals surface area contributed by atoms with Crippen molar-refractivity contribution in [2.75, 3.05) is 0 Å². The third kappa shape index (κ3) is 0.779. The van der Waals surface area contributed by atoms with Gasteiger partial charge >= 0.3 is 0 Å². The average molecular weight is 182 g/mol. The van der Waals surface area contributed by atoms with Gasteiger partial charge in [-0.05, 0) is 19.3 Å². The Balaban J connectivity index is 2.04. The summed E-state index contributed by atoms with van der Waals surface area (Å²) >= 11 is 0. The van der Waals surface area contributed by atoms with Gasteiger partial charge in [0.1, 0.15) is 17.7 Å². The number of carbonyl (C=O) groups is 2. The maximum Gasteiger partial charge on any atom is 0.142 e. The number of carbonyl (C=O) groups excluding carboxylic acids is 2. The van der Waals surface area contributed by atoms with E-state index in [-0.39, 0.29) is 23.4 Å². The van der Waals surface area contributed by atoms with Crippen LogP contribution in [0.1, 0.15) is 19.3 Å². The number of halogens is 1. The lowest BCUT2D eigenvalue weighted by Crippen LogP contribution is -2.57. The summed E-state index contributed by atoms with van der Waals surface area (Å²) in [5.41, 5.74) is 0. The lowest BCUT2D eigenvalue weighted by molar-refractivity contribution is -0.158. The van der Waals surface area contributed by atoms with Crippen molar-refractivity contribution in [1.82, 2.24) is 0 Å². The van der Waals surface area contributed by atoms with E-state index in [1.807, 2.05) is 0 Å². The first-order valence-corrected chi connectivity index (χ1v) is 4.90. The number of hydrogen-bond donors (Lipinski definition) is 0. The van der Waals surface area contributed by atoms with Gasteiger partial charge in [0, 0.05) is 11.8 Å². The van der Waals surface area contributed by atoms with Gasteiger partial charge in [0.25, 0.3) is 0 Å². The van der Waals surface area contributed by atoms with Crippen LogP contribution in [0.2, 0.25) is 0 Å². The third-order valence-electron chi connectivity index (χ3n) is 3.95. The molecule has 0 aromatic heterocycles. The van der Waals surface area contributed by atoms with E-state index in [4.69, 9.17) is 0 Å². The molecule has 3 heteroatoms. The van der Waals surface area contributed by atoms with Crippen molar-refractivity contribution >= 4 is 11.6 Å². The molecule has 0 amide bonds. The lowest BCUT2D eigenvalue weighted by Gasteiger charge is -2.48. The SMILES string of the molecule is O=C1C2CC3CC1C(F)C(C2)C3=O. The van der Waals surface area contributed by atoms with Crippen LogP contribution in [0, 0.1) is 23.7 Å². The van der Waals surface area contributed by atoms with Crippen LogP contribution >= 0.6 is 0 Å². The predicted octanol–water partition coefficient (Wildman–Crippen LogP) is 1.14. The normalized spacial score (nSPS) is 53.2. The second kappa shape index (κ2) is 2.20. The topological polar surface area (TPSA) is 34.1 Å². The Labute approximate surface area is 75.5 Å². The smallest absolute Gasteiger partial charge is 0.142 e. The minimum atomic E-state index is -1.16. The Kier molecular flexibility index (Phi) is 1.29. The Morgan fingerprint density at radius 1 is 0.923 bits per heavy atom. The van der Waals surface area contributed by atoms with E-state index in [2.05, 4.69) is 0 Å². The average Bonchev–Trinajstić information content (AvgIpc) is 2.10. The maximum absolute atomic E-state index is 13.5. The Morgan fingerprint density at radius 3 is 1.85 bits per heavy atom. The summed E-state index contributed by atoms with van der Waals surface area (Å²) in [6.07, 6.45) is 0.530. The molecule has 4 bridgehead atoms. The monoisotopic (exact) mass is 182 g/mol. The van der Waals surface area contributed by atoms with E-state index < -0.39 is 18.0 Å². The van der Waals surface area contributed by atoms with E-state index in [0.717, 1.165) is 0 Å². The molecule has 70 valence electrons. The summed E-state index contributed by atoms with van der Waals surface area (Å²) in [6.45, 7) is 0. The number of hydrogen-bond acceptors (Lipinski definition) is 2. The summed E-state index contributed by atoms with van der Waals surface area (Å²) < 4.78 is 13.5. The zero-order valence-corrected chi connectivity index (χ0v) is 7.20. The van der Waals surface area contributed by atoms with Crippen LogP contribution in [0.15, 0.2) is 0 Å².